The standard InChI is InChI=1S/C20H32N2O9/c1-13(2)19(26)30-9-5-7-28-11-15(21)17(23)22-16(18(24)25)12-29-8-6-10-31-20(27)14(3)4/h15-16H,1,3,5-12,21H2,2,4H3,(H,22,23)(H,24,25)/p+1/t15-,16-/m0/s1. The molecule has 0 radical (unpaired) electrons. The first-order chi connectivity index (χ1) is 14.6. The average molecular weight is 445 g/mol. The van der Waals surface area contributed by atoms with E-state index in [2.05, 4.69) is 24.2 Å². The lowest BCUT2D eigenvalue weighted by molar-refractivity contribution is -0.410. The lowest BCUT2D eigenvalue weighted by Gasteiger charge is -2.16. The smallest absolute Gasteiger partial charge is 0.333 e. The van der Waals surface area contributed by atoms with Crippen molar-refractivity contribution >= 4 is 23.8 Å². The number of esters is 2. The summed E-state index contributed by atoms with van der Waals surface area (Å²) in [6.45, 7) is 10.4. The number of hydrogen-bond acceptors (Lipinski definition) is 8. The molecule has 11 nitrogen and oxygen atoms in total. The first-order valence-corrected chi connectivity index (χ1v) is 9.73. The number of nitrogens with one attached hydrogen (secondary N) is 1. The third-order valence-electron chi connectivity index (χ3n) is 3.62. The monoisotopic (exact) mass is 445 g/mol. The lowest BCUT2D eigenvalue weighted by atomic mass is 10.2. The molecule has 0 rings (SSSR count). The normalized spacial score (nSPS) is 12.4. The van der Waals surface area contributed by atoms with E-state index in [1.807, 2.05) is 0 Å². The minimum atomic E-state index is -1.26. The number of ether oxygens (including phenoxy) is 4. The molecule has 5 N–H and O–H groups in total. The number of quaternary nitrogens is 1. The zero-order valence-corrected chi connectivity index (χ0v) is 18.1. The molecule has 11 heteroatoms. The minimum Gasteiger partial charge on any atom is -0.480 e. The van der Waals surface area contributed by atoms with Crippen LogP contribution < -0.4 is 11.1 Å². The van der Waals surface area contributed by atoms with Gasteiger partial charge in [-0.2, -0.15) is 0 Å². The number of carbonyl (C=O) groups excluding carboxylic acids is 3. The third kappa shape index (κ3) is 14.0. The Balaban J connectivity index is 4.05. The number of aliphatic carboxylic acids is 1. The van der Waals surface area contributed by atoms with Crippen LogP contribution in [0.4, 0.5) is 0 Å². The van der Waals surface area contributed by atoms with E-state index in [4.69, 9.17) is 18.9 Å². The number of amides is 1. The van der Waals surface area contributed by atoms with E-state index in [9.17, 15) is 24.3 Å². The maximum Gasteiger partial charge on any atom is 0.333 e. The molecule has 0 heterocycles. The topological polar surface area (TPSA) is 165 Å². The molecule has 0 saturated heterocycles. The van der Waals surface area contributed by atoms with Crippen molar-refractivity contribution in [2.75, 3.05) is 39.6 Å². The van der Waals surface area contributed by atoms with Crippen LogP contribution >= 0.6 is 0 Å². The molecule has 176 valence electrons. The molecule has 31 heavy (non-hydrogen) atoms. The SMILES string of the molecule is C=C(C)C(=O)OCCCOC[C@H](NC(=O)[C@@H]([NH3+])COCCCOC(=O)C(=C)C)C(=O)O. The van der Waals surface area contributed by atoms with Crippen molar-refractivity contribution in [2.24, 2.45) is 0 Å². The van der Waals surface area contributed by atoms with Gasteiger partial charge in [0.25, 0.3) is 5.91 Å². The highest BCUT2D eigenvalue weighted by molar-refractivity contribution is 5.87. The van der Waals surface area contributed by atoms with Crippen molar-refractivity contribution in [2.45, 2.75) is 38.8 Å². The van der Waals surface area contributed by atoms with Crippen LogP contribution in [0.15, 0.2) is 24.3 Å². The Labute approximate surface area is 181 Å². The first kappa shape index (κ1) is 28.2. The highest BCUT2D eigenvalue weighted by Crippen LogP contribution is 1.96. The largest absolute Gasteiger partial charge is 0.480 e. The van der Waals surface area contributed by atoms with Crippen LogP contribution in [0.2, 0.25) is 0 Å². The Morgan fingerprint density at radius 3 is 1.74 bits per heavy atom. The third-order valence-corrected chi connectivity index (χ3v) is 3.62. The van der Waals surface area contributed by atoms with Gasteiger partial charge in [0.1, 0.15) is 6.61 Å². The maximum atomic E-state index is 12.1. The molecule has 0 aromatic heterocycles. The lowest BCUT2D eigenvalue weighted by Crippen LogP contribution is -2.70. The van der Waals surface area contributed by atoms with Gasteiger partial charge in [-0.05, 0) is 13.8 Å². The van der Waals surface area contributed by atoms with Crippen molar-refractivity contribution in [3.05, 3.63) is 24.3 Å². The van der Waals surface area contributed by atoms with Gasteiger partial charge in [0.05, 0.1) is 26.4 Å². The van der Waals surface area contributed by atoms with Crippen LogP contribution in [0.3, 0.4) is 0 Å². The molecule has 0 fully saturated rings. The van der Waals surface area contributed by atoms with E-state index in [1.165, 1.54) is 6.92 Å². The Morgan fingerprint density at radius 2 is 1.32 bits per heavy atom. The maximum absolute atomic E-state index is 12.1. The molecule has 0 saturated carbocycles. The number of carboxylic acid groups (broad SMARTS) is 1. The molecule has 2 atom stereocenters. The van der Waals surface area contributed by atoms with Crippen LogP contribution in [0.1, 0.15) is 26.7 Å². The molecule has 0 unspecified atom stereocenters. The first-order valence-electron chi connectivity index (χ1n) is 9.73. The summed E-state index contributed by atoms with van der Waals surface area (Å²) >= 11 is 0. The van der Waals surface area contributed by atoms with Crippen molar-refractivity contribution in [3.63, 3.8) is 0 Å². The van der Waals surface area contributed by atoms with Gasteiger partial charge >= 0.3 is 17.9 Å². The Bertz CT molecular complexity index is 649. The fourth-order valence-electron chi connectivity index (χ4n) is 1.86. The molecule has 0 aliphatic heterocycles. The van der Waals surface area contributed by atoms with Crippen molar-refractivity contribution in [1.82, 2.24) is 5.32 Å². The van der Waals surface area contributed by atoms with Crippen molar-refractivity contribution in [1.29, 1.82) is 0 Å². The molecule has 0 aliphatic rings. The number of hydrogen-bond donors (Lipinski definition) is 3. The quantitative estimate of drug-likeness (QED) is 0.148. The van der Waals surface area contributed by atoms with E-state index in [-0.39, 0.29) is 45.2 Å². The van der Waals surface area contributed by atoms with Gasteiger partial charge in [-0.25, -0.2) is 14.4 Å². The number of rotatable bonds is 17. The average Bonchev–Trinajstić information content (AvgIpc) is 2.70. The molecule has 0 spiro atoms. The summed E-state index contributed by atoms with van der Waals surface area (Å²) in [5.41, 5.74) is 4.24. The summed E-state index contributed by atoms with van der Waals surface area (Å²) in [6, 6.07) is -2.09. The molecular formula is C20H33N2O9+. The predicted molar refractivity (Wildman–Crippen MR) is 109 cm³/mol. The van der Waals surface area contributed by atoms with Gasteiger partial charge in [0, 0.05) is 30.6 Å². The fourth-order valence-corrected chi connectivity index (χ4v) is 1.86. The second-order valence-electron chi connectivity index (χ2n) is 6.79. The minimum absolute atomic E-state index is 0.0262. The van der Waals surface area contributed by atoms with Gasteiger partial charge in [-0.1, -0.05) is 13.2 Å². The molecule has 1 amide bonds. The van der Waals surface area contributed by atoms with E-state index < -0.39 is 35.9 Å². The van der Waals surface area contributed by atoms with Gasteiger partial charge in [-0.15, -0.1) is 0 Å². The second-order valence-corrected chi connectivity index (χ2v) is 6.79. The van der Waals surface area contributed by atoms with Crippen LogP contribution in [0, 0.1) is 0 Å². The summed E-state index contributed by atoms with van der Waals surface area (Å²) in [6.07, 6.45) is 0.799. The molecule has 0 bridgehead atoms. The summed E-state index contributed by atoms with van der Waals surface area (Å²) in [5.74, 6) is -2.84. The summed E-state index contributed by atoms with van der Waals surface area (Å²) in [5, 5.41) is 11.6. The number of carbonyl (C=O) groups is 4. The van der Waals surface area contributed by atoms with E-state index in [0.29, 0.717) is 18.4 Å². The van der Waals surface area contributed by atoms with Gasteiger partial charge in [-0.3, -0.25) is 4.79 Å². The van der Waals surface area contributed by atoms with Gasteiger partial charge in [0.2, 0.25) is 0 Å². The highest BCUT2D eigenvalue weighted by Gasteiger charge is 2.25. The molecule has 0 aromatic rings. The van der Waals surface area contributed by atoms with Crippen LogP contribution in [-0.4, -0.2) is 80.6 Å². The molecular weight excluding hydrogens is 412 g/mol. The fraction of sp³-hybridized carbons (Fsp3) is 0.600. The van der Waals surface area contributed by atoms with E-state index in [0.717, 1.165) is 0 Å². The zero-order chi connectivity index (χ0) is 23.8. The second kappa shape index (κ2) is 16.0. The van der Waals surface area contributed by atoms with Crippen molar-refractivity contribution < 1.29 is 49.0 Å². The zero-order valence-electron chi connectivity index (χ0n) is 18.1. The van der Waals surface area contributed by atoms with Gasteiger partial charge in [0.15, 0.2) is 12.1 Å². The van der Waals surface area contributed by atoms with Crippen LogP contribution in [0.5, 0.6) is 0 Å². The summed E-state index contributed by atoms with van der Waals surface area (Å²) in [4.78, 5) is 45.8. The summed E-state index contributed by atoms with van der Waals surface area (Å²) in [7, 11) is 0. The molecule has 0 aromatic carbocycles. The van der Waals surface area contributed by atoms with E-state index in [1.54, 1.807) is 6.92 Å². The Morgan fingerprint density at radius 1 is 0.871 bits per heavy atom. The van der Waals surface area contributed by atoms with Crippen LogP contribution in [-0.2, 0) is 38.1 Å². The Kier molecular flexibility index (Phi) is 14.6. The Hall–Kier alpha value is -2.76. The highest BCUT2D eigenvalue weighted by atomic mass is 16.5. The van der Waals surface area contributed by atoms with Crippen LogP contribution in [0.25, 0.3) is 0 Å². The molecule has 0 aliphatic carbocycles. The van der Waals surface area contributed by atoms with Gasteiger partial charge < -0.3 is 35.1 Å². The van der Waals surface area contributed by atoms with E-state index >= 15 is 0 Å². The van der Waals surface area contributed by atoms with Crippen molar-refractivity contribution in [3.8, 4) is 0 Å². The predicted octanol–water partition coefficient (Wildman–Crippen LogP) is -0.782. The summed E-state index contributed by atoms with van der Waals surface area (Å²) < 4.78 is 20.3. The number of carboxylic acids is 1.